The van der Waals surface area contributed by atoms with Crippen LogP contribution in [0.1, 0.15) is 43.3 Å². The summed E-state index contributed by atoms with van der Waals surface area (Å²) in [7, 11) is 0. The van der Waals surface area contributed by atoms with Gasteiger partial charge in [-0.2, -0.15) is 4.98 Å². The van der Waals surface area contributed by atoms with Crippen LogP contribution in [-0.4, -0.2) is 24.7 Å². The lowest BCUT2D eigenvalue weighted by Gasteiger charge is -2.08. The van der Waals surface area contributed by atoms with E-state index in [9.17, 15) is 0 Å². The lowest BCUT2D eigenvalue weighted by atomic mass is 10.1. The average molecular weight is 371 g/mol. The first-order chi connectivity index (χ1) is 13.9. The summed E-state index contributed by atoms with van der Waals surface area (Å²) in [5.41, 5.74) is 4.01. The third-order valence-electron chi connectivity index (χ3n) is 5.32. The second-order valence-corrected chi connectivity index (χ2v) is 7.21. The van der Waals surface area contributed by atoms with Crippen molar-refractivity contribution < 1.29 is 4.52 Å². The van der Waals surface area contributed by atoms with Crippen LogP contribution in [0.4, 0.5) is 0 Å². The summed E-state index contributed by atoms with van der Waals surface area (Å²) >= 11 is 0. The molecule has 4 aromatic rings. The van der Waals surface area contributed by atoms with E-state index >= 15 is 0 Å². The maximum atomic E-state index is 5.55. The lowest BCUT2D eigenvalue weighted by molar-refractivity contribution is 0.349. The Morgan fingerprint density at radius 3 is 2.61 bits per heavy atom. The van der Waals surface area contributed by atoms with Crippen molar-refractivity contribution in [1.82, 2.24) is 24.7 Å². The molecule has 0 saturated heterocycles. The van der Waals surface area contributed by atoms with Gasteiger partial charge in [-0.1, -0.05) is 48.3 Å². The maximum absolute atomic E-state index is 5.55. The number of hydrogen-bond donors (Lipinski definition) is 0. The van der Waals surface area contributed by atoms with Crippen LogP contribution in [0.2, 0.25) is 0 Å². The molecule has 28 heavy (non-hydrogen) atoms. The first-order valence-corrected chi connectivity index (χ1v) is 9.72. The van der Waals surface area contributed by atoms with Crippen LogP contribution in [0.3, 0.4) is 0 Å². The zero-order valence-corrected chi connectivity index (χ0v) is 15.5. The number of aromatic nitrogens is 5. The van der Waals surface area contributed by atoms with Crippen LogP contribution in [0, 0.1) is 0 Å². The Kier molecular flexibility index (Phi) is 4.45. The molecule has 1 saturated carbocycles. The van der Waals surface area contributed by atoms with Crippen LogP contribution in [-0.2, 0) is 6.54 Å². The van der Waals surface area contributed by atoms with E-state index in [4.69, 9.17) is 9.51 Å². The van der Waals surface area contributed by atoms with Gasteiger partial charge in [0.25, 0.3) is 0 Å². The van der Waals surface area contributed by atoms with Crippen molar-refractivity contribution in [1.29, 1.82) is 0 Å². The summed E-state index contributed by atoms with van der Waals surface area (Å²) in [5, 5.41) is 4.22. The summed E-state index contributed by atoms with van der Waals surface area (Å²) in [5.74, 6) is 1.88. The van der Waals surface area contributed by atoms with Crippen molar-refractivity contribution in [3.8, 4) is 22.5 Å². The minimum absolute atomic E-state index is 0.418. The van der Waals surface area contributed by atoms with Crippen LogP contribution in [0.5, 0.6) is 0 Å². The molecular weight excluding hydrogens is 350 g/mol. The van der Waals surface area contributed by atoms with Crippen molar-refractivity contribution in [3.05, 3.63) is 72.9 Å². The monoisotopic (exact) mass is 371 g/mol. The summed E-state index contributed by atoms with van der Waals surface area (Å²) in [6.07, 6.45) is 10.3. The summed E-state index contributed by atoms with van der Waals surface area (Å²) < 4.78 is 7.62. The highest BCUT2D eigenvalue weighted by Crippen LogP contribution is 2.34. The molecule has 0 unspecified atom stereocenters. The van der Waals surface area contributed by atoms with Gasteiger partial charge in [0.05, 0.1) is 24.3 Å². The van der Waals surface area contributed by atoms with Gasteiger partial charge in [0, 0.05) is 29.4 Å². The van der Waals surface area contributed by atoms with Crippen molar-refractivity contribution in [2.75, 3.05) is 0 Å². The second kappa shape index (κ2) is 7.38. The molecule has 0 spiro atoms. The molecule has 0 aliphatic heterocycles. The summed E-state index contributed by atoms with van der Waals surface area (Å²) in [4.78, 5) is 13.6. The molecule has 6 nitrogen and oxygen atoms in total. The van der Waals surface area contributed by atoms with E-state index in [-0.39, 0.29) is 0 Å². The Balaban J connectivity index is 1.52. The molecule has 0 radical (unpaired) electrons. The Labute approximate surface area is 163 Å². The molecule has 0 atom stereocenters. The van der Waals surface area contributed by atoms with E-state index in [1.54, 1.807) is 6.20 Å². The standard InChI is InChI=1S/C22H21N5O/c1-2-7-16(8-3-1)20-21(18-11-6-12-23-13-18)27(15-24-20)14-19-25-22(28-26-19)17-9-4-5-10-17/h1-3,6-8,11-13,15,17H,4-5,9-10,14H2. The van der Waals surface area contributed by atoms with E-state index in [2.05, 4.69) is 31.8 Å². The minimum atomic E-state index is 0.418. The van der Waals surface area contributed by atoms with Gasteiger partial charge in [-0.05, 0) is 25.0 Å². The number of benzene rings is 1. The van der Waals surface area contributed by atoms with Gasteiger partial charge in [-0.3, -0.25) is 4.98 Å². The van der Waals surface area contributed by atoms with E-state index in [1.807, 2.05) is 42.9 Å². The van der Waals surface area contributed by atoms with Crippen molar-refractivity contribution in [3.63, 3.8) is 0 Å². The highest BCUT2D eigenvalue weighted by Gasteiger charge is 2.23. The van der Waals surface area contributed by atoms with Crippen LogP contribution >= 0.6 is 0 Å². The van der Waals surface area contributed by atoms with Crippen LogP contribution in [0.25, 0.3) is 22.5 Å². The highest BCUT2D eigenvalue weighted by molar-refractivity contribution is 5.78. The maximum Gasteiger partial charge on any atom is 0.229 e. The molecule has 3 aromatic heterocycles. The molecule has 0 amide bonds. The fourth-order valence-corrected chi connectivity index (χ4v) is 3.94. The lowest BCUT2D eigenvalue weighted by Crippen LogP contribution is -2.03. The van der Waals surface area contributed by atoms with Crippen LogP contribution in [0.15, 0.2) is 65.7 Å². The van der Waals surface area contributed by atoms with Crippen molar-refractivity contribution >= 4 is 0 Å². The largest absolute Gasteiger partial charge is 0.339 e. The molecule has 1 fully saturated rings. The molecule has 0 bridgehead atoms. The predicted octanol–water partition coefficient (Wildman–Crippen LogP) is 4.70. The molecule has 1 aromatic carbocycles. The molecule has 5 rings (SSSR count). The Bertz CT molecular complexity index is 1050. The molecule has 0 N–H and O–H groups in total. The smallest absolute Gasteiger partial charge is 0.229 e. The molecule has 3 heterocycles. The number of imidazole rings is 1. The molecular formula is C22H21N5O. The van der Waals surface area contributed by atoms with Gasteiger partial charge in [0.2, 0.25) is 5.89 Å². The van der Waals surface area contributed by atoms with Crippen molar-refractivity contribution in [2.45, 2.75) is 38.1 Å². The topological polar surface area (TPSA) is 69.6 Å². The summed E-state index contributed by atoms with van der Waals surface area (Å²) in [6, 6.07) is 14.2. The first kappa shape index (κ1) is 16.9. The number of rotatable bonds is 5. The Morgan fingerprint density at radius 1 is 1.00 bits per heavy atom. The molecule has 1 aliphatic rings. The second-order valence-electron chi connectivity index (χ2n) is 7.21. The highest BCUT2D eigenvalue weighted by atomic mass is 16.5. The van der Waals surface area contributed by atoms with Crippen LogP contribution < -0.4 is 0 Å². The fraction of sp³-hybridized carbons (Fsp3) is 0.273. The molecule has 140 valence electrons. The number of pyridine rings is 1. The Morgan fingerprint density at radius 2 is 1.82 bits per heavy atom. The third kappa shape index (κ3) is 3.22. The van der Waals surface area contributed by atoms with Gasteiger partial charge in [-0.15, -0.1) is 0 Å². The van der Waals surface area contributed by atoms with E-state index in [0.29, 0.717) is 18.3 Å². The first-order valence-electron chi connectivity index (χ1n) is 9.72. The zero-order chi connectivity index (χ0) is 18.8. The van der Waals surface area contributed by atoms with Crippen molar-refractivity contribution in [2.24, 2.45) is 0 Å². The van der Waals surface area contributed by atoms with Gasteiger partial charge in [-0.25, -0.2) is 4.98 Å². The Hall–Kier alpha value is -3.28. The van der Waals surface area contributed by atoms with Gasteiger partial charge in [0.1, 0.15) is 0 Å². The fourth-order valence-electron chi connectivity index (χ4n) is 3.94. The predicted molar refractivity (Wildman–Crippen MR) is 106 cm³/mol. The summed E-state index contributed by atoms with van der Waals surface area (Å²) in [6.45, 7) is 0.514. The van der Waals surface area contributed by atoms with E-state index in [1.165, 1.54) is 12.8 Å². The minimum Gasteiger partial charge on any atom is -0.339 e. The zero-order valence-electron chi connectivity index (χ0n) is 15.5. The van der Waals surface area contributed by atoms with Gasteiger partial charge >= 0.3 is 0 Å². The average Bonchev–Trinajstić information content (AvgIpc) is 3.50. The van der Waals surface area contributed by atoms with Gasteiger partial charge in [0.15, 0.2) is 5.82 Å². The molecule has 6 heteroatoms. The number of nitrogens with zero attached hydrogens (tertiary/aromatic N) is 5. The molecule has 1 aliphatic carbocycles. The normalized spacial score (nSPS) is 14.6. The quantitative estimate of drug-likeness (QED) is 0.508. The van der Waals surface area contributed by atoms with E-state index < -0.39 is 0 Å². The van der Waals surface area contributed by atoms with Gasteiger partial charge < -0.3 is 9.09 Å². The SMILES string of the molecule is c1ccc(-c2ncn(Cc3noc(C4CCCC4)n3)c2-c2cccnc2)cc1. The number of hydrogen-bond acceptors (Lipinski definition) is 5. The third-order valence-corrected chi connectivity index (χ3v) is 5.32. The van der Waals surface area contributed by atoms with E-state index in [0.717, 1.165) is 41.2 Å².